The number of benzene rings is 2. The average Bonchev–Trinajstić information content (AvgIpc) is 3.39. The molecule has 9 heteroatoms. The smallest absolute Gasteiger partial charge is 0.206 e. The Morgan fingerprint density at radius 1 is 0.967 bits per heavy atom. The van der Waals surface area contributed by atoms with Gasteiger partial charge in [-0.25, -0.2) is 4.98 Å². The fraction of sp³-hybridized carbons (Fsp3) is 0. The van der Waals surface area contributed by atoms with Crippen LogP contribution in [0.2, 0.25) is 10.0 Å². The number of fused-ring (bicyclic) bond motifs is 1. The molecule has 0 unspecified atom stereocenters. The minimum atomic E-state index is 0.476. The molecule has 144 valence electrons. The Labute approximate surface area is 180 Å². The van der Waals surface area contributed by atoms with Crippen molar-refractivity contribution in [3.63, 3.8) is 0 Å². The fourth-order valence-corrected chi connectivity index (χ4v) is 3.64. The number of nitrogens with zero attached hydrogens (tertiary/aromatic N) is 7. The molecular weight excluding hydrogens is 421 g/mol. The van der Waals surface area contributed by atoms with Gasteiger partial charge in [0.1, 0.15) is 17.0 Å². The Balaban J connectivity index is 1.79. The number of aromatic nitrogens is 6. The first kappa shape index (κ1) is 18.3. The first-order chi connectivity index (χ1) is 14.7. The topological polar surface area (TPSA) is 84.7 Å². The first-order valence-electron chi connectivity index (χ1n) is 8.87. The van der Waals surface area contributed by atoms with E-state index in [9.17, 15) is 0 Å². The number of halogens is 2. The second kappa shape index (κ2) is 7.26. The minimum absolute atomic E-state index is 0.476. The number of tetrazole rings is 1. The van der Waals surface area contributed by atoms with E-state index < -0.39 is 0 Å². The van der Waals surface area contributed by atoms with Crippen LogP contribution < -0.4 is 0 Å². The van der Waals surface area contributed by atoms with Crippen molar-refractivity contribution < 1.29 is 0 Å². The van der Waals surface area contributed by atoms with E-state index in [0.29, 0.717) is 49.7 Å². The van der Waals surface area contributed by atoms with E-state index in [4.69, 9.17) is 33.4 Å². The molecule has 0 spiro atoms. The molecule has 0 atom stereocenters. The molecule has 0 amide bonds. The van der Waals surface area contributed by atoms with Crippen molar-refractivity contribution in [2.45, 2.75) is 0 Å². The van der Waals surface area contributed by atoms with Crippen LogP contribution in [0.5, 0.6) is 0 Å². The number of pyridine rings is 1. The summed E-state index contributed by atoms with van der Waals surface area (Å²) in [6.45, 7) is 0. The predicted molar refractivity (Wildman–Crippen MR) is 114 cm³/mol. The molecule has 0 radical (unpaired) electrons. The Kier molecular flexibility index (Phi) is 4.43. The maximum atomic E-state index is 9.06. The second-order valence-electron chi connectivity index (χ2n) is 6.43. The molecule has 3 aromatic heterocycles. The van der Waals surface area contributed by atoms with Gasteiger partial charge < -0.3 is 0 Å². The molecule has 5 rings (SSSR count). The summed E-state index contributed by atoms with van der Waals surface area (Å²) >= 11 is 12.7. The minimum Gasteiger partial charge on any atom is -0.296 e. The molecule has 0 aliphatic rings. The van der Waals surface area contributed by atoms with Gasteiger partial charge in [0.25, 0.3) is 0 Å². The lowest BCUT2D eigenvalue weighted by atomic mass is 10.1. The molecule has 30 heavy (non-hydrogen) atoms. The van der Waals surface area contributed by atoms with Gasteiger partial charge in [0.2, 0.25) is 5.82 Å². The number of hydrogen-bond acceptors (Lipinski definition) is 5. The van der Waals surface area contributed by atoms with Crippen molar-refractivity contribution in [1.82, 2.24) is 29.6 Å². The van der Waals surface area contributed by atoms with Gasteiger partial charge >= 0.3 is 0 Å². The summed E-state index contributed by atoms with van der Waals surface area (Å²) in [5.74, 6) is 0.476. The molecule has 0 N–H and O–H groups in total. The van der Waals surface area contributed by atoms with Crippen LogP contribution in [0, 0.1) is 11.3 Å². The van der Waals surface area contributed by atoms with E-state index in [1.54, 1.807) is 47.1 Å². The summed E-state index contributed by atoms with van der Waals surface area (Å²) in [5.41, 5.74) is 3.94. The van der Waals surface area contributed by atoms with Crippen LogP contribution in [0.1, 0.15) is 5.56 Å². The number of rotatable bonds is 3. The Morgan fingerprint density at radius 3 is 2.60 bits per heavy atom. The van der Waals surface area contributed by atoms with Crippen LogP contribution >= 0.6 is 23.2 Å². The molecule has 7 nitrogen and oxygen atoms in total. The summed E-state index contributed by atoms with van der Waals surface area (Å²) in [7, 11) is 0. The normalized spacial score (nSPS) is 11.0. The zero-order valence-corrected chi connectivity index (χ0v) is 16.7. The summed E-state index contributed by atoms with van der Waals surface area (Å²) < 4.78 is 3.50. The van der Waals surface area contributed by atoms with E-state index in [-0.39, 0.29) is 0 Å². The highest BCUT2D eigenvalue weighted by atomic mass is 35.5. The van der Waals surface area contributed by atoms with E-state index in [1.807, 2.05) is 28.8 Å². The van der Waals surface area contributed by atoms with Crippen LogP contribution in [-0.4, -0.2) is 29.6 Å². The predicted octanol–water partition coefficient (Wildman–Crippen LogP) is 4.82. The molecule has 2 aromatic carbocycles. The zero-order valence-electron chi connectivity index (χ0n) is 15.2. The summed E-state index contributed by atoms with van der Waals surface area (Å²) in [4.78, 5) is 4.77. The molecule has 3 heterocycles. The molecule has 0 saturated carbocycles. The lowest BCUT2D eigenvalue weighted by Gasteiger charge is -2.08. The monoisotopic (exact) mass is 431 g/mol. The summed E-state index contributed by atoms with van der Waals surface area (Å²) in [6, 6.07) is 20.0. The Bertz CT molecular complexity index is 1430. The quantitative estimate of drug-likeness (QED) is 0.408. The fourth-order valence-electron chi connectivity index (χ4n) is 3.26. The molecule has 0 aliphatic carbocycles. The van der Waals surface area contributed by atoms with Crippen molar-refractivity contribution in [2.75, 3.05) is 0 Å². The van der Waals surface area contributed by atoms with Crippen molar-refractivity contribution >= 4 is 28.8 Å². The molecule has 5 aromatic rings. The van der Waals surface area contributed by atoms with Gasteiger partial charge in [0, 0.05) is 16.8 Å². The standard InChI is InChI=1S/C21H11Cl2N7/c22-14-6-9-17(23)16(11-14)19-20(29-10-2-1-3-18(29)25-19)21-26-27-28-30(21)15-7-4-13(12-24)5-8-15/h1-11H. The first-order valence-corrected chi connectivity index (χ1v) is 9.63. The number of nitriles is 1. The maximum absolute atomic E-state index is 9.06. The molecule has 0 saturated heterocycles. The van der Waals surface area contributed by atoms with Gasteiger partial charge in [-0.1, -0.05) is 29.3 Å². The Hall–Kier alpha value is -3.73. The number of hydrogen-bond donors (Lipinski definition) is 0. The van der Waals surface area contributed by atoms with Crippen LogP contribution in [-0.2, 0) is 0 Å². The van der Waals surface area contributed by atoms with Crippen LogP contribution in [0.25, 0.3) is 34.1 Å². The van der Waals surface area contributed by atoms with Crippen LogP contribution in [0.15, 0.2) is 66.9 Å². The number of imidazole rings is 1. The van der Waals surface area contributed by atoms with Gasteiger partial charge in [-0.3, -0.25) is 4.40 Å². The third-order valence-corrected chi connectivity index (χ3v) is 5.20. The van der Waals surface area contributed by atoms with E-state index in [1.165, 1.54) is 0 Å². The highest BCUT2D eigenvalue weighted by molar-refractivity contribution is 6.35. The lowest BCUT2D eigenvalue weighted by molar-refractivity contribution is 0.790. The van der Waals surface area contributed by atoms with E-state index >= 15 is 0 Å². The maximum Gasteiger partial charge on any atom is 0.206 e. The largest absolute Gasteiger partial charge is 0.296 e. The van der Waals surface area contributed by atoms with Gasteiger partial charge in [-0.05, 0) is 65.0 Å². The van der Waals surface area contributed by atoms with Crippen molar-refractivity contribution in [1.29, 1.82) is 5.26 Å². The van der Waals surface area contributed by atoms with Gasteiger partial charge in [0.15, 0.2) is 0 Å². The van der Waals surface area contributed by atoms with Crippen molar-refractivity contribution in [3.05, 3.63) is 82.5 Å². The SMILES string of the molecule is N#Cc1ccc(-n2nnnc2-c2c(-c3cc(Cl)ccc3Cl)nc3ccccn23)cc1. The second-order valence-corrected chi connectivity index (χ2v) is 7.28. The van der Waals surface area contributed by atoms with Crippen LogP contribution in [0.4, 0.5) is 0 Å². The molecule has 0 aliphatic heterocycles. The average molecular weight is 432 g/mol. The third kappa shape index (κ3) is 2.99. The zero-order chi connectivity index (χ0) is 20.7. The lowest BCUT2D eigenvalue weighted by Crippen LogP contribution is -2.02. The molecule has 0 fully saturated rings. The molecule has 0 bridgehead atoms. The highest BCUT2D eigenvalue weighted by Crippen LogP contribution is 2.37. The van der Waals surface area contributed by atoms with E-state index in [2.05, 4.69) is 21.6 Å². The van der Waals surface area contributed by atoms with Crippen molar-refractivity contribution in [3.8, 4) is 34.5 Å². The molecular formula is C21H11Cl2N7. The highest BCUT2D eigenvalue weighted by Gasteiger charge is 2.23. The third-order valence-electron chi connectivity index (χ3n) is 4.64. The van der Waals surface area contributed by atoms with Crippen LogP contribution in [0.3, 0.4) is 0 Å². The van der Waals surface area contributed by atoms with Crippen molar-refractivity contribution in [2.24, 2.45) is 0 Å². The van der Waals surface area contributed by atoms with Gasteiger partial charge in [0.05, 0.1) is 22.3 Å². The Morgan fingerprint density at radius 2 is 1.80 bits per heavy atom. The summed E-state index contributed by atoms with van der Waals surface area (Å²) in [6.07, 6.45) is 1.89. The van der Waals surface area contributed by atoms with Gasteiger partial charge in [-0.2, -0.15) is 9.94 Å². The van der Waals surface area contributed by atoms with E-state index in [0.717, 1.165) is 0 Å². The van der Waals surface area contributed by atoms with Gasteiger partial charge in [-0.15, -0.1) is 5.10 Å². The summed E-state index contributed by atoms with van der Waals surface area (Å²) in [5, 5.41) is 22.4.